The van der Waals surface area contributed by atoms with Crippen molar-refractivity contribution < 1.29 is 28.6 Å². The number of ether oxygens (including phenoxy) is 2. The van der Waals surface area contributed by atoms with E-state index in [-0.39, 0.29) is 24.6 Å². The van der Waals surface area contributed by atoms with Gasteiger partial charge in [-0.25, -0.2) is 9.68 Å². The van der Waals surface area contributed by atoms with Crippen LogP contribution in [0.4, 0.5) is 0 Å². The summed E-state index contributed by atoms with van der Waals surface area (Å²) < 4.78 is 23.5. The van der Waals surface area contributed by atoms with Crippen molar-refractivity contribution in [3.63, 3.8) is 0 Å². The van der Waals surface area contributed by atoms with E-state index < -0.39 is 20.0 Å². The molecule has 0 heterocycles. The third kappa shape index (κ3) is 19.2. The van der Waals surface area contributed by atoms with Gasteiger partial charge < -0.3 is 4.74 Å². The van der Waals surface area contributed by atoms with Crippen LogP contribution in [0.25, 0.3) is 0 Å². The van der Waals surface area contributed by atoms with Crippen LogP contribution in [0.3, 0.4) is 0 Å². The van der Waals surface area contributed by atoms with Gasteiger partial charge in [0.2, 0.25) is 0 Å². The number of benzene rings is 1. The zero-order valence-electron chi connectivity index (χ0n) is 27.7. The van der Waals surface area contributed by atoms with E-state index in [4.69, 9.17) is 19.2 Å². The number of carbonyl (C=O) groups excluding carboxylic acids is 1. The second-order valence-electron chi connectivity index (χ2n) is 11.7. The number of unbranched alkanes of at least 4 members (excludes halogenated alkanes) is 14. The van der Waals surface area contributed by atoms with E-state index in [0.29, 0.717) is 6.42 Å². The minimum absolute atomic E-state index is 0.0372. The van der Waals surface area contributed by atoms with Crippen molar-refractivity contribution in [2.24, 2.45) is 0 Å². The maximum Gasteiger partial charge on any atom is 0.497 e. The van der Waals surface area contributed by atoms with Crippen LogP contribution in [0, 0.1) is 0 Å². The van der Waals surface area contributed by atoms with Crippen molar-refractivity contribution >= 4 is 26.2 Å². The van der Waals surface area contributed by atoms with E-state index in [1.54, 1.807) is 0 Å². The van der Waals surface area contributed by atoms with Crippen LogP contribution in [-0.4, -0.2) is 35.2 Å². The first-order valence-corrected chi connectivity index (χ1v) is 19.2. The summed E-state index contributed by atoms with van der Waals surface area (Å²) >= 11 is 1.93. The Morgan fingerprint density at radius 2 is 1.35 bits per heavy atom. The molecule has 0 bridgehead atoms. The molecule has 1 aromatic rings. The van der Waals surface area contributed by atoms with Gasteiger partial charge in [-0.3, -0.25) is 4.74 Å². The second kappa shape index (κ2) is 27.3. The average Bonchev–Trinajstić information content (AvgIpc) is 3.03. The minimum Gasteiger partial charge on any atom is -0.453 e. The maximum absolute atomic E-state index is 13.1. The van der Waals surface area contributed by atoms with Crippen molar-refractivity contribution in [1.82, 2.24) is 0 Å². The molecule has 0 saturated heterocycles. The molecule has 1 aromatic carbocycles. The highest BCUT2D eigenvalue weighted by Crippen LogP contribution is 2.32. The van der Waals surface area contributed by atoms with Crippen LogP contribution < -0.4 is 0 Å². The van der Waals surface area contributed by atoms with Gasteiger partial charge in [-0.05, 0) is 37.5 Å². The molecule has 0 aromatic heterocycles. The Morgan fingerprint density at radius 3 is 1.91 bits per heavy atom. The van der Waals surface area contributed by atoms with Gasteiger partial charge >= 0.3 is 20.0 Å². The van der Waals surface area contributed by atoms with Gasteiger partial charge in [-0.2, -0.15) is 11.8 Å². The summed E-state index contributed by atoms with van der Waals surface area (Å²) in [6.07, 6.45) is 22.1. The molecule has 4 unspecified atom stereocenters. The lowest BCUT2D eigenvalue weighted by Gasteiger charge is -2.25. The van der Waals surface area contributed by atoms with Crippen LogP contribution in [-0.2, 0) is 35.2 Å². The first-order valence-electron chi connectivity index (χ1n) is 17.2. The smallest absolute Gasteiger partial charge is 0.453 e. The standard InChI is InChI=1S/C35H61O6PS/c1-5-8-10-12-13-14-15-16-17-19-24-29-43-33(27-23-18-11-9-6-2)31(4)40-41-35(42-37,39-28-7-3)34(36)38-30-32-25-21-20-22-26-32/h20-22,25-26,31,33H,5-19,23-24,27-30H2,1-4H3/p+1. The summed E-state index contributed by atoms with van der Waals surface area (Å²) in [6.45, 7) is 8.62. The quantitative estimate of drug-likeness (QED) is 0.0207. The lowest BCUT2D eigenvalue weighted by molar-refractivity contribution is -0.403. The van der Waals surface area contributed by atoms with E-state index in [2.05, 4.69) is 13.8 Å². The fraction of sp³-hybridized carbons (Fsp3) is 0.800. The second-order valence-corrected chi connectivity index (χ2v) is 13.9. The van der Waals surface area contributed by atoms with E-state index in [0.717, 1.165) is 24.2 Å². The number of rotatable bonds is 30. The third-order valence-electron chi connectivity index (χ3n) is 7.64. The molecule has 0 aliphatic carbocycles. The van der Waals surface area contributed by atoms with Crippen LogP contribution in [0.5, 0.6) is 0 Å². The molecule has 43 heavy (non-hydrogen) atoms. The Kier molecular flexibility index (Phi) is 25.5. The Bertz CT molecular complexity index is 798. The van der Waals surface area contributed by atoms with Crippen molar-refractivity contribution in [1.29, 1.82) is 0 Å². The van der Waals surface area contributed by atoms with Gasteiger partial charge in [0.1, 0.15) is 12.7 Å². The van der Waals surface area contributed by atoms with Crippen molar-refractivity contribution in [2.75, 3.05) is 12.4 Å². The number of esters is 1. The topological polar surface area (TPSA) is 71.1 Å². The Balaban J connectivity index is 2.60. The minimum atomic E-state index is -2.09. The van der Waals surface area contributed by atoms with Gasteiger partial charge in [0.15, 0.2) is 0 Å². The first kappa shape index (κ1) is 40.0. The summed E-state index contributed by atoms with van der Waals surface area (Å²) in [7, 11) is -1.23. The molecule has 0 aliphatic rings. The van der Waals surface area contributed by atoms with Crippen LogP contribution in [0.2, 0.25) is 0 Å². The molecular weight excluding hydrogens is 579 g/mol. The monoisotopic (exact) mass is 641 g/mol. The summed E-state index contributed by atoms with van der Waals surface area (Å²) in [4.78, 5) is 24.5. The summed E-state index contributed by atoms with van der Waals surface area (Å²) in [5, 5.41) is 0.212. The van der Waals surface area contributed by atoms with E-state index in [1.165, 1.54) is 96.3 Å². The van der Waals surface area contributed by atoms with E-state index >= 15 is 0 Å². The highest BCUT2D eigenvalue weighted by atomic mass is 32.2. The largest absolute Gasteiger partial charge is 0.497 e. The Labute approximate surface area is 269 Å². The molecule has 6 nitrogen and oxygen atoms in total. The maximum atomic E-state index is 13.1. The van der Waals surface area contributed by atoms with Gasteiger partial charge in [-0.1, -0.05) is 152 Å². The zero-order chi connectivity index (χ0) is 31.4. The summed E-state index contributed by atoms with van der Waals surface area (Å²) in [6, 6.07) is 9.36. The van der Waals surface area contributed by atoms with Gasteiger partial charge in [0, 0.05) is 5.25 Å². The fourth-order valence-electron chi connectivity index (χ4n) is 4.88. The van der Waals surface area contributed by atoms with Gasteiger partial charge in [0.25, 0.3) is 0 Å². The predicted octanol–water partition coefficient (Wildman–Crippen LogP) is 10.9. The molecule has 0 radical (unpaired) electrons. The predicted molar refractivity (Wildman–Crippen MR) is 182 cm³/mol. The Morgan fingerprint density at radius 1 is 0.791 bits per heavy atom. The van der Waals surface area contributed by atoms with Crippen molar-refractivity contribution in [2.45, 2.75) is 167 Å². The van der Waals surface area contributed by atoms with Gasteiger partial charge in [0.05, 0.1) is 6.61 Å². The molecule has 0 N–H and O–H groups in total. The lowest BCUT2D eigenvalue weighted by atomic mass is 10.1. The fourth-order valence-corrected chi connectivity index (χ4v) is 6.60. The van der Waals surface area contributed by atoms with Crippen molar-refractivity contribution in [3.8, 4) is 0 Å². The van der Waals surface area contributed by atoms with Crippen LogP contribution >= 0.6 is 20.2 Å². The lowest BCUT2D eigenvalue weighted by Crippen LogP contribution is -2.42. The number of hydrogen-bond donors (Lipinski definition) is 0. The summed E-state index contributed by atoms with van der Waals surface area (Å²) in [5.74, 6) is 0.236. The number of carbonyl (C=O) groups is 1. The molecule has 0 aliphatic heterocycles. The SMILES string of the molecule is CCCCCCCCCCCCCSC(CCCCCCC)C(C)OOC(OCCC)([PH+]=O)C(=O)OCc1ccccc1. The number of thioether (sulfide) groups is 1. The molecule has 8 heteroatoms. The highest BCUT2D eigenvalue weighted by Gasteiger charge is 2.55. The third-order valence-corrected chi connectivity index (χ3v) is 9.91. The molecule has 0 spiro atoms. The average molecular weight is 642 g/mol. The first-order chi connectivity index (χ1) is 21.0. The van der Waals surface area contributed by atoms with E-state index in [9.17, 15) is 9.36 Å². The normalized spacial score (nSPS) is 14.4. The summed E-state index contributed by atoms with van der Waals surface area (Å²) in [5.41, 5.74) is -1.27. The van der Waals surface area contributed by atoms with Crippen molar-refractivity contribution in [3.05, 3.63) is 35.9 Å². The van der Waals surface area contributed by atoms with Crippen LogP contribution in [0.15, 0.2) is 30.3 Å². The van der Waals surface area contributed by atoms with E-state index in [1.807, 2.05) is 55.9 Å². The highest BCUT2D eigenvalue weighted by molar-refractivity contribution is 7.99. The molecule has 1 rings (SSSR count). The molecule has 0 saturated carbocycles. The Hall–Kier alpha value is -0.980. The van der Waals surface area contributed by atoms with Crippen LogP contribution in [0.1, 0.15) is 149 Å². The molecule has 4 atom stereocenters. The molecular formula is C35H62O6PS+. The zero-order valence-corrected chi connectivity index (χ0v) is 29.6. The van der Waals surface area contributed by atoms with Gasteiger partial charge in [-0.15, -0.1) is 4.89 Å². The number of hydrogen-bond acceptors (Lipinski definition) is 7. The molecule has 248 valence electrons. The molecule has 0 amide bonds. The molecule has 0 fully saturated rings.